The molecule has 0 atom stereocenters. The Morgan fingerprint density at radius 2 is 1.91 bits per heavy atom. The van der Waals surface area contributed by atoms with E-state index >= 15 is 0 Å². The summed E-state index contributed by atoms with van der Waals surface area (Å²) in [6.45, 7) is 3.49. The van der Waals surface area contributed by atoms with Crippen LogP contribution in [0.5, 0.6) is 0 Å². The minimum Gasteiger partial charge on any atom is -0.323 e. The summed E-state index contributed by atoms with van der Waals surface area (Å²) in [5, 5.41) is 2.77. The number of nitrogens with one attached hydrogen (secondary N) is 1. The first kappa shape index (κ1) is 16.1. The fourth-order valence-corrected chi connectivity index (χ4v) is 3.66. The predicted molar refractivity (Wildman–Crippen MR) is 90.7 cm³/mol. The molecular formula is C17H26N4O2. The monoisotopic (exact) mass is 318 g/mol. The first-order chi connectivity index (χ1) is 11.1. The lowest BCUT2D eigenvalue weighted by molar-refractivity contribution is 0.195. The fourth-order valence-electron chi connectivity index (χ4n) is 3.66. The van der Waals surface area contributed by atoms with E-state index in [4.69, 9.17) is 0 Å². The molecule has 0 bridgehead atoms. The van der Waals surface area contributed by atoms with Crippen molar-refractivity contribution in [2.45, 2.75) is 38.1 Å². The molecule has 2 heterocycles. The third-order valence-electron chi connectivity index (χ3n) is 5.02. The van der Waals surface area contributed by atoms with Crippen molar-refractivity contribution in [3.05, 3.63) is 28.7 Å². The zero-order valence-corrected chi connectivity index (χ0v) is 13.8. The van der Waals surface area contributed by atoms with Crippen LogP contribution in [0.1, 0.15) is 32.1 Å². The number of anilines is 1. The molecule has 0 aromatic carbocycles. The number of amides is 2. The van der Waals surface area contributed by atoms with E-state index in [1.165, 1.54) is 30.3 Å². The van der Waals surface area contributed by atoms with Gasteiger partial charge in [0.15, 0.2) is 0 Å². The number of urea groups is 1. The van der Waals surface area contributed by atoms with Gasteiger partial charge in [-0.05, 0) is 31.4 Å². The minimum atomic E-state index is -0.178. The molecule has 23 heavy (non-hydrogen) atoms. The molecular weight excluding hydrogens is 292 g/mol. The first-order valence-electron chi connectivity index (χ1n) is 8.61. The van der Waals surface area contributed by atoms with Crippen LogP contribution in [0.15, 0.2) is 23.1 Å². The van der Waals surface area contributed by atoms with Gasteiger partial charge in [-0.15, -0.1) is 0 Å². The number of hydrogen-bond acceptors (Lipinski definition) is 3. The van der Waals surface area contributed by atoms with Gasteiger partial charge in [-0.1, -0.05) is 12.8 Å². The molecule has 1 saturated heterocycles. The number of aromatic nitrogens is 1. The lowest BCUT2D eigenvalue weighted by atomic mass is 10.2. The highest BCUT2D eigenvalue weighted by Gasteiger charge is 2.26. The van der Waals surface area contributed by atoms with Gasteiger partial charge in [0.05, 0.1) is 0 Å². The first-order valence-corrected chi connectivity index (χ1v) is 8.61. The highest BCUT2D eigenvalue weighted by Crippen LogP contribution is 2.24. The van der Waals surface area contributed by atoms with Crippen molar-refractivity contribution in [1.29, 1.82) is 0 Å². The summed E-state index contributed by atoms with van der Waals surface area (Å²) >= 11 is 0. The topological polar surface area (TPSA) is 57.6 Å². The van der Waals surface area contributed by atoms with E-state index in [1.807, 2.05) is 4.90 Å². The van der Waals surface area contributed by atoms with Crippen molar-refractivity contribution in [3.63, 3.8) is 0 Å². The van der Waals surface area contributed by atoms with Gasteiger partial charge < -0.3 is 14.8 Å². The summed E-state index contributed by atoms with van der Waals surface area (Å²) in [7, 11) is 1.68. The van der Waals surface area contributed by atoms with Crippen molar-refractivity contribution in [2.75, 3.05) is 31.5 Å². The minimum absolute atomic E-state index is 0.165. The number of nitrogens with zero attached hydrogens (tertiary/aromatic N) is 3. The standard InChI is InChI=1S/C17H26N4O2/c1-19-9-4-8-15(16(19)22)18-17(23)21-11-5-10-20(12-13-21)14-6-2-3-7-14/h4,8-9,14H,2-3,5-7,10-13H2,1H3,(H,18,23). The predicted octanol–water partition coefficient (Wildman–Crippen LogP) is 1.87. The van der Waals surface area contributed by atoms with Crippen LogP contribution < -0.4 is 10.9 Å². The van der Waals surface area contributed by atoms with Crippen LogP contribution in [0, 0.1) is 0 Å². The van der Waals surface area contributed by atoms with Gasteiger partial charge in [0.1, 0.15) is 5.69 Å². The quantitative estimate of drug-likeness (QED) is 0.905. The third-order valence-corrected chi connectivity index (χ3v) is 5.02. The second-order valence-electron chi connectivity index (χ2n) is 6.58. The summed E-state index contributed by atoms with van der Waals surface area (Å²) in [5.74, 6) is 0. The Balaban J connectivity index is 1.59. The van der Waals surface area contributed by atoms with Crippen LogP contribution in [-0.2, 0) is 7.05 Å². The van der Waals surface area contributed by atoms with Crippen molar-refractivity contribution >= 4 is 11.7 Å². The molecule has 1 aromatic heterocycles. The molecule has 0 unspecified atom stereocenters. The van der Waals surface area contributed by atoms with E-state index in [0.717, 1.165) is 32.6 Å². The van der Waals surface area contributed by atoms with Crippen LogP contribution in [0.4, 0.5) is 10.5 Å². The van der Waals surface area contributed by atoms with E-state index in [0.29, 0.717) is 11.7 Å². The Bertz CT molecular complexity index is 607. The van der Waals surface area contributed by atoms with Crippen molar-refractivity contribution in [2.24, 2.45) is 7.05 Å². The molecule has 2 amide bonds. The summed E-state index contributed by atoms with van der Waals surface area (Å²) in [4.78, 5) is 28.8. The number of carbonyl (C=O) groups excluding carboxylic acids is 1. The van der Waals surface area contributed by atoms with Crippen LogP contribution >= 0.6 is 0 Å². The molecule has 2 aliphatic rings. The molecule has 6 nitrogen and oxygen atoms in total. The van der Waals surface area contributed by atoms with E-state index in [9.17, 15) is 9.59 Å². The van der Waals surface area contributed by atoms with E-state index < -0.39 is 0 Å². The Kier molecular flexibility index (Phi) is 5.00. The van der Waals surface area contributed by atoms with Crippen molar-refractivity contribution in [3.8, 4) is 0 Å². The van der Waals surface area contributed by atoms with Gasteiger partial charge in [0.25, 0.3) is 5.56 Å². The molecule has 1 N–H and O–H groups in total. The maximum atomic E-state index is 12.5. The van der Waals surface area contributed by atoms with Crippen molar-refractivity contribution in [1.82, 2.24) is 14.4 Å². The second-order valence-corrected chi connectivity index (χ2v) is 6.58. The van der Waals surface area contributed by atoms with Gasteiger partial charge >= 0.3 is 6.03 Å². The molecule has 1 aliphatic carbocycles. The Labute approximate surface area is 137 Å². The van der Waals surface area contributed by atoms with Crippen molar-refractivity contribution < 1.29 is 4.79 Å². The highest BCUT2D eigenvalue weighted by atomic mass is 16.2. The number of aryl methyl sites for hydroxylation is 1. The molecule has 0 radical (unpaired) electrons. The number of rotatable bonds is 2. The van der Waals surface area contributed by atoms with Gasteiger partial charge in [-0.2, -0.15) is 0 Å². The average Bonchev–Trinajstić information content (AvgIpc) is 2.96. The Morgan fingerprint density at radius 1 is 1.13 bits per heavy atom. The molecule has 0 spiro atoms. The summed E-state index contributed by atoms with van der Waals surface area (Å²) in [6.07, 6.45) is 7.95. The van der Waals surface area contributed by atoms with Gasteiger partial charge in [0, 0.05) is 45.5 Å². The Hall–Kier alpha value is -1.82. The van der Waals surface area contributed by atoms with E-state index in [-0.39, 0.29) is 11.6 Å². The maximum absolute atomic E-state index is 12.5. The SMILES string of the molecule is Cn1cccc(NC(=O)N2CCCN(C3CCCC3)CC2)c1=O. The number of pyridine rings is 1. The molecule has 1 aromatic rings. The van der Waals surface area contributed by atoms with Crippen LogP contribution in [0.25, 0.3) is 0 Å². The zero-order valence-electron chi connectivity index (χ0n) is 13.8. The molecule has 126 valence electrons. The van der Waals surface area contributed by atoms with E-state index in [2.05, 4.69) is 10.2 Å². The highest BCUT2D eigenvalue weighted by molar-refractivity contribution is 5.89. The number of hydrogen-bond donors (Lipinski definition) is 1. The summed E-state index contributed by atoms with van der Waals surface area (Å²) < 4.78 is 1.47. The van der Waals surface area contributed by atoms with Gasteiger partial charge in [-0.25, -0.2) is 4.79 Å². The van der Waals surface area contributed by atoms with Gasteiger partial charge in [0.2, 0.25) is 0 Å². The lowest BCUT2D eigenvalue weighted by Gasteiger charge is -2.27. The Morgan fingerprint density at radius 3 is 2.70 bits per heavy atom. The lowest BCUT2D eigenvalue weighted by Crippen LogP contribution is -2.40. The maximum Gasteiger partial charge on any atom is 0.322 e. The third kappa shape index (κ3) is 3.75. The summed E-state index contributed by atoms with van der Waals surface area (Å²) in [6, 6.07) is 3.96. The fraction of sp³-hybridized carbons (Fsp3) is 0.647. The summed E-state index contributed by atoms with van der Waals surface area (Å²) in [5.41, 5.74) is 0.167. The number of carbonyl (C=O) groups is 1. The largest absolute Gasteiger partial charge is 0.323 e. The second kappa shape index (κ2) is 7.17. The molecule has 3 rings (SSSR count). The smallest absolute Gasteiger partial charge is 0.322 e. The van der Waals surface area contributed by atoms with Crippen LogP contribution in [0.3, 0.4) is 0 Å². The van der Waals surface area contributed by atoms with E-state index in [1.54, 1.807) is 25.4 Å². The molecule has 6 heteroatoms. The molecule has 2 fully saturated rings. The average molecular weight is 318 g/mol. The van der Waals surface area contributed by atoms with Crippen LogP contribution in [0.2, 0.25) is 0 Å². The van der Waals surface area contributed by atoms with Crippen LogP contribution in [-0.4, -0.2) is 52.6 Å². The zero-order chi connectivity index (χ0) is 16.2. The molecule has 1 aliphatic heterocycles. The normalized spacial score (nSPS) is 20.5. The van der Waals surface area contributed by atoms with Gasteiger partial charge in [-0.3, -0.25) is 9.69 Å². The molecule has 1 saturated carbocycles.